The van der Waals surface area contributed by atoms with E-state index in [-0.39, 0.29) is 5.91 Å². The lowest BCUT2D eigenvalue weighted by molar-refractivity contribution is 0.0778. The lowest BCUT2D eigenvalue weighted by Gasteiger charge is -2.17. The van der Waals surface area contributed by atoms with Crippen molar-refractivity contribution in [3.05, 3.63) is 59.2 Å². The molecule has 0 saturated carbocycles. The molecule has 0 aliphatic carbocycles. The van der Waals surface area contributed by atoms with Crippen molar-refractivity contribution in [3.63, 3.8) is 0 Å². The highest BCUT2D eigenvalue weighted by molar-refractivity contribution is 5.94. The quantitative estimate of drug-likeness (QED) is 0.659. The predicted molar refractivity (Wildman–Crippen MR) is 114 cm³/mol. The van der Waals surface area contributed by atoms with Crippen molar-refractivity contribution in [2.75, 3.05) is 7.05 Å². The van der Waals surface area contributed by atoms with Crippen LogP contribution in [0.4, 0.5) is 0 Å². The van der Waals surface area contributed by atoms with Gasteiger partial charge >= 0.3 is 0 Å². The highest BCUT2D eigenvalue weighted by atomic mass is 16.2. The number of imidazole rings is 1. The number of aromatic nitrogens is 4. The van der Waals surface area contributed by atoms with Crippen molar-refractivity contribution in [1.29, 1.82) is 0 Å². The van der Waals surface area contributed by atoms with Crippen LogP contribution in [0.5, 0.6) is 0 Å². The molecule has 1 aliphatic heterocycles. The summed E-state index contributed by atoms with van der Waals surface area (Å²) in [6.07, 6.45) is 6.19. The number of benzene rings is 1. The van der Waals surface area contributed by atoms with Gasteiger partial charge in [0.1, 0.15) is 11.5 Å². The van der Waals surface area contributed by atoms with Crippen LogP contribution in [0.15, 0.2) is 36.5 Å². The Morgan fingerprint density at radius 3 is 2.69 bits per heavy atom. The summed E-state index contributed by atoms with van der Waals surface area (Å²) in [6, 6.07) is 10.2. The summed E-state index contributed by atoms with van der Waals surface area (Å²) in [5.41, 5.74) is 4.95. The molecule has 1 amide bonds. The van der Waals surface area contributed by atoms with Gasteiger partial charge in [-0.2, -0.15) is 5.10 Å². The van der Waals surface area contributed by atoms with Crippen LogP contribution >= 0.6 is 0 Å². The van der Waals surface area contributed by atoms with Crippen molar-refractivity contribution >= 4 is 5.91 Å². The third kappa shape index (κ3) is 3.71. The van der Waals surface area contributed by atoms with Crippen LogP contribution < -0.4 is 0 Å². The van der Waals surface area contributed by atoms with E-state index >= 15 is 0 Å². The molecular formula is C23H29N5O. The van der Waals surface area contributed by atoms with E-state index in [2.05, 4.69) is 35.6 Å². The maximum Gasteiger partial charge on any atom is 0.274 e. The van der Waals surface area contributed by atoms with Crippen LogP contribution in [-0.2, 0) is 26.1 Å². The molecule has 0 unspecified atom stereocenters. The fraction of sp³-hybridized carbons (Fsp3) is 0.435. The van der Waals surface area contributed by atoms with E-state index in [1.54, 1.807) is 4.90 Å². The lowest BCUT2D eigenvalue weighted by atomic mass is 10.1. The standard InChI is InChI=1S/C23H29N5O/c1-4-28-17(2)19(15-24-28)16-26(3)23(29)21-20-13-9-6-10-14-27(20)22(25-21)18-11-7-5-8-12-18/h5,7-8,11-12,15H,4,6,9-10,13-14,16H2,1-3H3. The molecule has 6 nitrogen and oxygen atoms in total. The van der Waals surface area contributed by atoms with Crippen LogP contribution in [0.1, 0.15) is 53.6 Å². The number of hydrogen-bond donors (Lipinski definition) is 0. The highest BCUT2D eigenvalue weighted by Crippen LogP contribution is 2.28. The molecule has 4 rings (SSSR count). The van der Waals surface area contributed by atoms with E-state index in [0.29, 0.717) is 12.2 Å². The van der Waals surface area contributed by atoms with E-state index in [0.717, 1.165) is 60.7 Å². The summed E-state index contributed by atoms with van der Waals surface area (Å²) in [4.78, 5) is 20.0. The minimum absolute atomic E-state index is 0.0125. The van der Waals surface area contributed by atoms with E-state index in [1.807, 2.05) is 36.1 Å². The van der Waals surface area contributed by atoms with Crippen LogP contribution in [0, 0.1) is 6.92 Å². The molecule has 1 aliphatic rings. The zero-order valence-corrected chi connectivity index (χ0v) is 17.6. The van der Waals surface area contributed by atoms with Gasteiger partial charge in [0.25, 0.3) is 5.91 Å². The van der Waals surface area contributed by atoms with E-state index in [1.165, 1.54) is 6.42 Å². The fourth-order valence-electron chi connectivity index (χ4n) is 4.17. The molecule has 0 fully saturated rings. The molecule has 3 heterocycles. The molecule has 3 aromatic rings. The Bertz CT molecular complexity index is 1000. The predicted octanol–water partition coefficient (Wildman–Crippen LogP) is 4.07. The van der Waals surface area contributed by atoms with Crippen LogP contribution in [0.25, 0.3) is 11.4 Å². The van der Waals surface area contributed by atoms with Gasteiger partial charge in [-0.3, -0.25) is 9.48 Å². The second-order valence-electron chi connectivity index (χ2n) is 7.79. The number of rotatable bonds is 5. The van der Waals surface area contributed by atoms with Gasteiger partial charge in [-0.1, -0.05) is 36.8 Å². The van der Waals surface area contributed by atoms with Gasteiger partial charge in [0.2, 0.25) is 0 Å². The van der Waals surface area contributed by atoms with Gasteiger partial charge in [-0.25, -0.2) is 4.98 Å². The first-order chi connectivity index (χ1) is 14.1. The van der Waals surface area contributed by atoms with Gasteiger partial charge in [-0.05, 0) is 33.1 Å². The largest absolute Gasteiger partial charge is 0.336 e. The van der Waals surface area contributed by atoms with E-state index < -0.39 is 0 Å². The molecule has 2 aromatic heterocycles. The average molecular weight is 392 g/mol. The molecule has 152 valence electrons. The Morgan fingerprint density at radius 1 is 1.17 bits per heavy atom. The Hall–Kier alpha value is -2.89. The summed E-state index contributed by atoms with van der Waals surface area (Å²) < 4.78 is 4.23. The monoisotopic (exact) mass is 391 g/mol. The van der Waals surface area contributed by atoms with Crippen molar-refractivity contribution in [2.45, 2.75) is 59.2 Å². The van der Waals surface area contributed by atoms with Gasteiger partial charge in [0.05, 0.1) is 11.9 Å². The lowest BCUT2D eigenvalue weighted by Crippen LogP contribution is -2.28. The third-order valence-electron chi connectivity index (χ3n) is 5.86. The van der Waals surface area contributed by atoms with Crippen molar-refractivity contribution < 1.29 is 4.79 Å². The minimum Gasteiger partial charge on any atom is -0.336 e. The van der Waals surface area contributed by atoms with Crippen molar-refractivity contribution in [1.82, 2.24) is 24.2 Å². The number of amides is 1. The van der Waals surface area contributed by atoms with Gasteiger partial charge in [0, 0.05) is 43.5 Å². The fourth-order valence-corrected chi connectivity index (χ4v) is 4.17. The summed E-state index contributed by atoms with van der Waals surface area (Å²) in [6.45, 7) is 6.42. The van der Waals surface area contributed by atoms with Crippen LogP contribution in [-0.4, -0.2) is 37.2 Å². The average Bonchev–Trinajstić information content (AvgIpc) is 3.18. The Labute approximate surface area is 172 Å². The zero-order valence-electron chi connectivity index (χ0n) is 17.6. The number of fused-ring (bicyclic) bond motifs is 1. The summed E-state index contributed by atoms with van der Waals surface area (Å²) in [5, 5.41) is 4.40. The topological polar surface area (TPSA) is 56.0 Å². The van der Waals surface area contributed by atoms with Gasteiger partial charge in [-0.15, -0.1) is 0 Å². The normalized spacial score (nSPS) is 13.8. The Morgan fingerprint density at radius 2 is 1.97 bits per heavy atom. The molecule has 0 bridgehead atoms. The number of aryl methyl sites for hydroxylation is 1. The maximum atomic E-state index is 13.4. The summed E-state index contributed by atoms with van der Waals surface area (Å²) in [5.74, 6) is 0.899. The Kier molecular flexibility index (Phi) is 5.51. The van der Waals surface area contributed by atoms with Crippen molar-refractivity contribution in [2.24, 2.45) is 0 Å². The number of hydrogen-bond acceptors (Lipinski definition) is 3. The highest BCUT2D eigenvalue weighted by Gasteiger charge is 2.26. The number of carbonyl (C=O) groups is 1. The Balaban J connectivity index is 1.67. The SMILES string of the molecule is CCn1ncc(CN(C)C(=O)c2nc(-c3ccccc3)n3c2CCCCC3)c1C. The molecular weight excluding hydrogens is 362 g/mol. The molecule has 0 atom stereocenters. The smallest absolute Gasteiger partial charge is 0.274 e. The first-order valence-corrected chi connectivity index (χ1v) is 10.5. The molecule has 0 N–H and O–H groups in total. The molecule has 0 radical (unpaired) electrons. The molecule has 1 aromatic carbocycles. The summed E-state index contributed by atoms with van der Waals surface area (Å²) >= 11 is 0. The minimum atomic E-state index is -0.0125. The zero-order chi connectivity index (χ0) is 20.4. The second kappa shape index (κ2) is 8.23. The molecule has 0 saturated heterocycles. The maximum absolute atomic E-state index is 13.4. The van der Waals surface area contributed by atoms with Crippen LogP contribution in [0.2, 0.25) is 0 Å². The molecule has 0 spiro atoms. The number of carbonyl (C=O) groups excluding carboxylic acids is 1. The first kappa shape index (κ1) is 19.4. The first-order valence-electron chi connectivity index (χ1n) is 10.5. The van der Waals surface area contributed by atoms with E-state index in [4.69, 9.17) is 4.98 Å². The molecule has 29 heavy (non-hydrogen) atoms. The third-order valence-corrected chi connectivity index (χ3v) is 5.86. The van der Waals surface area contributed by atoms with Crippen LogP contribution in [0.3, 0.4) is 0 Å². The number of nitrogens with zero attached hydrogens (tertiary/aromatic N) is 5. The van der Waals surface area contributed by atoms with Gasteiger partial charge in [0.15, 0.2) is 0 Å². The van der Waals surface area contributed by atoms with Crippen molar-refractivity contribution in [3.8, 4) is 11.4 Å². The molecule has 6 heteroatoms. The van der Waals surface area contributed by atoms with Gasteiger partial charge < -0.3 is 9.47 Å². The summed E-state index contributed by atoms with van der Waals surface area (Å²) in [7, 11) is 1.86. The second-order valence-corrected chi connectivity index (χ2v) is 7.79. The van der Waals surface area contributed by atoms with E-state index in [9.17, 15) is 4.79 Å².